The van der Waals surface area contributed by atoms with Gasteiger partial charge >= 0.3 is 0 Å². The molecule has 4 heteroatoms. The molecular weight excluding hydrogens is 254 g/mol. The molecule has 0 bridgehead atoms. The van der Waals surface area contributed by atoms with Crippen LogP contribution in [0.5, 0.6) is 0 Å². The monoisotopic (exact) mass is 275 g/mol. The van der Waals surface area contributed by atoms with Gasteiger partial charge in [0.15, 0.2) is 0 Å². The van der Waals surface area contributed by atoms with Crippen molar-refractivity contribution in [3.8, 4) is 0 Å². The Morgan fingerprint density at radius 3 is 3.00 bits per heavy atom. The number of likely N-dealkylation sites (N-methyl/N-ethyl adjacent to an activating group) is 1. The summed E-state index contributed by atoms with van der Waals surface area (Å²) in [4.78, 5) is 4.91. The zero-order valence-electron chi connectivity index (χ0n) is 11.4. The van der Waals surface area contributed by atoms with Crippen LogP contribution in [0.15, 0.2) is 29.6 Å². The molecule has 3 rings (SSSR count). The Labute approximate surface area is 118 Å². The highest BCUT2D eigenvalue weighted by atomic mass is 32.1. The molecule has 0 aliphatic carbocycles. The van der Waals surface area contributed by atoms with E-state index in [1.165, 1.54) is 15.6 Å². The zero-order chi connectivity index (χ0) is 13.2. The SMILES string of the molecule is CN1CCN(Cc2csc3ccccc23)C(CN)C1. The van der Waals surface area contributed by atoms with Gasteiger partial charge in [-0.3, -0.25) is 4.90 Å². The van der Waals surface area contributed by atoms with Gasteiger partial charge in [0.2, 0.25) is 0 Å². The van der Waals surface area contributed by atoms with E-state index in [0.717, 1.165) is 32.7 Å². The van der Waals surface area contributed by atoms with Crippen LogP contribution in [0.3, 0.4) is 0 Å². The molecule has 1 aliphatic heterocycles. The molecule has 0 amide bonds. The van der Waals surface area contributed by atoms with Crippen LogP contribution in [0, 0.1) is 0 Å². The van der Waals surface area contributed by atoms with Gasteiger partial charge < -0.3 is 10.6 Å². The fraction of sp³-hybridized carbons (Fsp3) is 0.467. The maximum Gasteiger partial charge on any atom is 0.0349 e. The van der Waals surface area contributed by atoms with Crippen LogP contribution in [-0.2, 0) is 6.54 Å². The summed E-state index contributed by atoms with van der Waals surface area (Å²) >= 11 is 1.84. The topological polar surface area (TPSA) is 32.5 Å². The second-order valence-corrected chi connectivity index (χ2v) is 6.29. The second kappa shape index (κ2) is 5.59. The molecule has 1 unspecified atom stereocenters. The highest BCUT2D eigenvalue weighted by molar-refractivity contribution is 7.17. The molecule has 1 saturated heterocycles. The Bertz CT molecular complexity index is 551. The van der Waals surface area contributed by atoms with Crippen LogP contribution in [0.4, 0.5) is 0 Å². The van der Waals surface area contributed by atoms with Crippen molar-refractivity contribution in [2.45, 2.75) is 12.6 Å². The fourth-order valence-electron chi connectivity index (χ4n) is 2.85. The van der Waals surface area contributed by atoms with Crippen LogP contribution in [0.2, 0.25) is 0 Å². The molecule has 0 radical (unpaired) electrons. The molecule has 1 fully saturated rings. The van der Waals surface area contributed by atoms with Gasteiger partial charge in [-0.05, 0) is 29.4 Å². The summed E-state index contributed by atoms with van der Waals surface area (Å²) in [6, 6.07) is 9.16. The molecule has 2 aromatic rings. The lowest BCUT2D eigenvalue weighted by atomic mass is 10.1. The van der Waals surface area contributed by atoms with Gasteiger partial charge in [0, 0.05) is 43.5 Å². The van der Waals surface area contributed by atoms with E-state index in [0.29, 0.717) is 6.04 Å². The summed E-state index contributed by atoms with van der Waals surface area (Å²) in [6.07, 6.45) is 0. The Morgan fingerprint density at radius 1 is 1.32 bits per heavy atom. The van der Waals surface area contributed by atoms with Crippen molar-refractivity contribution in [3.63, 3.8) is 0 Å². The van der Waals surface area contributed by atoms with Crippen LogP contribution < -0.4 is 5.73 Å². The molecule has 1 atom stereocenters. The average Bonchev–Trinajstić information content (AvgIpc) is 2.84. The van der Waals surface area contributed by atoms with Gasteiger partial charge in [0.1, 0.15) is 0 Å². The summed E-state index contributed by atoms with van der Waals surface area (Å²) in [7, 11) is 2.18. The van der Waals surface area contributed by atoms with E-state index in [2.05, 4.69) is 46.5 Å². The lowest BCUT2D eigenvalue weighted by Crippen LogP contribution is -2.54. The van der Waals surface area contributed by atoms with Crippen molar-refractivity contribution in [2.75, 3.05) is 33.2 Å². The third-order valence-electron chi connectivity index (χ3n) is 4.01. The van der Waals surface area contributed by atoms with Crippen molar-refractivity contribution < 1.29 is 0 Å². The van der Waals surface area contributed by atoms with Crippen LogP contribution in [-0.4, -0.2) is 49.1 Å². The van der Waals surface area contributed by atoms with E-state index in [4.69, 9.17) is 5.73 Å². The van der Waals surface area contributed by atoms with Gasteiger partial charge in [-0.1, -0.05) is 18.2 Å². The molecule has 2 heterocycles. The van der Waals surface area contributed by atoms with Crippen LogP contribution >= 0.6 is 11.3 Å². The minimum atomic E-state index is 0.484. The number of thiophene rings is 1. The third-order valence-corrected chi connectivity index (χ3v) is 5.03. The van der Waals surface area contributed by atoms with Crippen molar-refractivity contribution in [2.24, 2.45) is 5.73 Å². The summed E-state index contributed by atoms with van der Waals surface area (Å²) < 4.78 is 1.39. The first kappa shape index (κ1) is 13.1. The first-order chi connectivity index (χ1) is 9.28. The fourth-order valence-corrected chi connectivity index (χ4v) is 3.81. The van der Waals surface area contributed by atoms with Crippen molar-refractivity contribution >= 4 is 21.4 Å². The average molecular weight is 275 g/mol. The van der Waals surface area contributed by atoms with Gasteiger partial charge in [-0.15, -0.1) is 11.3 Å². The standard InChI is InChI=1S/C15H21N3S/c1-17-6-7-18(13(8-16)10-17)9-12-11-19-15-5-3-2-4-14(12)15/h2-5,11,13H,6-10,16H2,1H3. The molecule has 0 saturated carbocycles. The van der Waals surface area contributed by atoms with Crippen molar-refractivity contribution in [1.29, 1.82) is 0 Å². The molecule has 102 valence electrons. The van der Waals surface area contributed by atoms with E-state index in [1.807, 2.05) is 11.3 Å². The molecule has 1 aromatic carbocycles. The van der Waals surface area contributed by atoms with Gasteiger partial charge in [-0.25, -0.2) is 0 Å². The van der Waals surface area contributed by atoms with Crippen molar-refractivity contribution in [3.05, 3.63) is 35.2 Å². The lowest BCUT2D eigenvalue weighted by molar-refractivity contribution is 0.0885. The van der Waals surface area contributed by atoms with Gasteiger partial charge in [-0.2, -0.15) is 0 Å². The summed E-state index contributed by atoms with van der Waals surface area (Å²) in [5.41, 5.74) is 7.38. The molecular formula is C15H21N3S. The molecule has 19 heavy (non-hydrogen) atoms. The first-order valence-corrected chi connectivity index (χ1v) is 7.73. The maximum atomic E-state index is 5.93. The molecule has 0 spiro atoms. The minimum Gasteiger partial charge on any atom is -0.329 e. The maximum absolute atomic E-state index is 5.93. The van der Waals surface area contributed by atoms with E-state index in [1.54, 1.807) is 0 Å². The smallest absolute Gasteiger partial charge is 0.0349 e. The number of benzene rings is 1. The second-order valence-electron chi connectivity index (χ2n) is 5.38. The number of hydrogen-bond donors (Lipinski definition) is 1. The number of hydrogen-bond acceptors (Lipinski definition) is 4. The number of fused-ring (bicyclic) bond motifs is 1. The Kier molecular flexibility index (Phi) is 3.84. The quantitative estimate of drug-likeness (QED) is 0.929. The summed E-state index contributed by atoms with van der Waals surface area (Å²) in [5, 5.41) is 3.71. The lowest BCUT2D eigenvalue weighted by Gasteiger charge is -2.39. The molecule has 1 aromatic heterocycles. The van der Waals surface area contributed by atoms with E-state index in [-0.39, 0.29) is 0 Å². The molecule has 1 aliphatic rings. The van der Waals surface area contributed by atoms with Crippen LogP contribution in [0.1, 0.15) is 5.56 Å². The number of nitrogens with two attached hydrogens (primary N) is 1. The predicted octanol–water partition coefficient (Wildman–Crippen LogP) is 1.98. The largest absolute Gasteiger partial charge is 0.329 e. The number of rotatable bonds is 3. The van der Waals surface area contributed by atoms with Gasteiger partial charge in [0.25, 0.3) is 0 Å². The highest BCUT2D eigenvalue weighted by Gasteiger charge is 2.24. The predicted molar refractivity (Wildman–Crippen MR) is 82.6 cm³/mol. The number of piperazine rings is 1. The molecule has 2 N–H and O–H groups in total. The van der Waals surface area contributed by atoms with Crippen molar-refractivity contribution in [1.82, 2.24) is 9.80 Å². The third kappa shape index (κ3) is 2.67. The van der Waals surface area contributed by atoms with E-state index in [9.17, 15) is 0 Å². The number of nitrogens with zero attached hydrogens (tertiary/aromatic N) is 2. The highest BCUT2D eigenvalue weighted by Crippen LogP contribution is 2.27. The van der Waals surface area contributed by atoms with Gasteiger partial charge in [0.05, 0.1) is 0 Å². The molecule has 3 nitrogen and oxygen atoms in total. The summed E-state index contributed by atoms with van der Waals surface area (Å²) in [6.45, 7) is 5.10. The first-order valence-electron chi connectivity index (χ1n) is 6.85. The zero-order valence-corrected chi connectivity index (χ0v) is 12.2. The Morgan fingerprint density at radius 2 is 2.16 bits per heavy atom. The Hall–Kier alpha value is -0.940. The Balaban J connectivity index is 1.80. The van der Waals surface area contributed by atoms with E-state index >= 15 is 0 Å². The normalized spacial score (nSPS) is 22.1. The van der Waals surface area contributed by atoms with E-state index < -0.39 is 0 Å². The summed E-state index contributed by atoms with van der Waals surface area (Å²) in [5.74, 6) is 0. The van der Waals surface area contributed by atoms with Crippen LogP contribution in [0.25, 0.3) is 10.1 Å². The minimum absolute atomic E-state index is 0.484.